The maximum atomic E-state index is 12.5. The van der Waals surface area contributed by atoms with Crippen LogP contribution in [0.1, 0.15) is 0 Å². The molecule has 2 aliphatic rings. The number of hydrogen-bond donors (Lipinski definition) is 1. The number of rotatable bonds is 0. The van der Waals surface area contributed by atoms with Crippen LogP contribution in [0.5, 0.6) is 0 Å². The molecule has 0 aromatic heterocycles. The summed E-state index contributed by atoms with van der Waals surface area (Å²) in [4.78, 5) is 0. The number of hydrogen-bond acceptors (Lipinski definition) is 3. The average Bonchev–Trinajstić information content (AvgIpc) is 2.31. The molecule has 0 radical (unpaired) electrons. The van der Waals surface area contributed by atoms with Gasteiger partial charge in [-0.1, -0.05) is 0 Å². The molecule has 2 atom stereocenters. The van der Waals surface area contributed by atoms with Crippen molar-refractivity contribution in [1.82, 2.24) is 5.32 Å². The summed E-state index contributed by atoms with van der Waals surface area (Å²) in [5, 5.41) is 2.67. The van der Waals surface area contributed by atoms with E-state index in [1.165, 1.54) is 0 Å². The van der Waals surface area contributed by atoms with E-state index in [9.17, 15) is 8.78 Å². The van der Waals surface area contributed by atoms with Gasteiger partial charge in [-0.2, -0.15) is 8.78 Å². The first kappa shape index (κ1) is 7.39. The van der Waals surface area contributed by atoms with E-state index in [0.717, 1.165) is 0 Å². The zero-order valence-electron chi connectivity index (χ0n) is 5.85. The molecule has 0 spiro atoms. The van der Waals surface area contributed by atoms with Gasteiger partial charge in [0.1, 0.15) is 6.10 Å². The molecule has 5 heteroatoms. The van der Waals surface area contributed by atoms with Crippen molar-refractivity contribution in [3.05, 3.63) is 0 Å². The second kappa shape index (κ2) is 2.36. The van der Waals surface area contributed by atoms with Crippen LogP contribution in [-0.2, 0) is 9.47 Å². The van der Waals surface area contributed by atoms with Gasteiger partial charge in [0, 0.05) is 0 Å². The second-order valence-corrected chi connectivity index (χ2v) is 2.82. The van der Waals surface area contributed by atoms with Gasteiger partial charge < -0.3 is 14.8 Å². The Morgan fingerprint density at radius 1 is 1.36 bits per heavy atom. The highest BCUT2D eigenvalue weighted by molar-refractivity contribution is 4.87. The summed E-state index contributed by atoms with van der Waals surface area (Å²) in [5.74, 6) is 0. The Labute approximate surface area is 62.7 Å². The van der Waals surface area contributed by atoms with Gasteiger partial charge in [-0.3, -0.25) is 0 Å². The fraction of sp³-hybridized carbons (Fsp3) is 1.00. The Kier molecular flexibility index (Phi) is 1.59. The van der Waals surface area contributed by atoms with Crippen molar-refractivity contribution < 1.29 is 18.3 Å². The molecular weight excluding hydrogens is 156 g/mol. The molecule has 64 valence electrons. The number of nitrogens with one attached hydrogen (secondary N) is 1. The van der Waals surface area contributed by atoms with Crippen molar-refractivity contribution in [3.8, 4) is 0 Å². The highest BCUT2D eigenvalue weighted by Crippen LogP contribution is 2.25. The highest BCUT2D eigenvalue weighted by Gasteiger charge is 2.44. The number of morpholine rings is 1. The smallest absolute Gasteiger partial charge is 0.368 e. The summed E-state index contributed by atoms with van der Waals surface area (Å²) in [5.41, 5.74) is 0. The topological polar surface area (TPSA) is 30.5 Å². The Bertz CT molecular complexity index is 165. The second-order valence-electron chi connectivity index (χ2n) is 2.82. The van der Waals surface area contributed by atoms with E-state index in [2.05, 4.69) is 10.1 Å². The van der Waals surface area contributed by atoms with Gasteiger partial charge in [0.25, 0.3) is 0 Å². The molecule has 1 N–H and O–H groups in total. The first-order valence-electron chi connectivity index (χ1n) is 3.54. The minimum absolute atomic E-state index is 0.0466. The van der Waals surface area contributed by atoms with Crippen molar-refractivity contribution in [2.75, 3.05) is 19.8 Å². The zero-order chi connectivity index (χ0) is 7.90. The largest absolute Gasteiger partial charge is 0.377 e. The van der Waals surface area contributed by atoms with Crippen molar-refractivity contribution in [3.63, 3.8) is 0 Å². The molecule has 0 saturated carbocycles. The normalized spacial score (nSPS) is 42.0. The standard InChI is InChI=1S/C6H9F2NO2/c7-6(8)3-9-4-1-10-2-5(4)11-6/h4-5,9H,1-3H2. The van der Waals surface area contributed by atoms with Gasteiger partial charge in [0.05, 0.1) is 25.8 Å². The third kappa shape index (κ3) is 1.36. The van der Waals surface area contributed by atoms with Crippen LogP contribution in [0, 0.1) is 0 Å². The van der Waals surface area contributed by atoms with Gasteiger partial charge in [0.15, 0.2) is 0 Å². The van der Waals surface area contributed by atoms with Crippen molar-refractivity contribution in [1.29, 1.82) is 0 Å². The number of alkyl halides is 2. The van der Waals surface area contributed by atoms with Crippen LogP contribution in [0.2, 0.25) is 0 Å². The van der Waals surface area contributed by atoms with E-state index in [0.29, 0.717) is 6.61 Å². The van der Waals surface area contributed by atoms with E-state index >= 15 is 0 Å². The quantitative estimate of drug-likeness (QED) is 0.546. The Balaban J connectivity index is 2.02. The fourth-order valence-corrected chi connectivity index (χ4v) is 1.35. The molecule has 11 heavy (non-hydrogen) atoms. The van der Waals surface area contributed by atoms with Crippen LogP contribution in [0.15, 0.2) is 0 Å². The predicted octanol–water partition coefficient (Wildman–Crippen LogP) is -0.0336. The summed E-state index contributed by atoms with van der Waals surface area (Å²) >= 11 is 0. The molecule has 0 aromatic rings. The summed E-state index contributed by atoms with van der Waals surface area (Å²) in [6.07, 6.45) is -3.49. The van der Waals surface area contributed by atoms with E-state index in [1.807, 2.05) is 0 Å². The maximum Gasteiger partial charge on any atom is 0.368 e. The molecule has 2 saturated heterocycles. The van der Waals surface area contributed by atoms with Gasteiger partial charge in [0.2, 0.25) is 0 Å². The fourth-order valence-electron chi connectivity index (χ4n) is 1.35. The average molecular weight is 165 g/mol. The van der Waals surface area contributed by atoms with E-state index < -0.39 is 18.8 Å². The molecule has 2 fully saturated rings. The Morgan fingerprint density at radius 2 is 2.18 bits per heavy atom. The lowest BCUT2D eigenvalue weighted by Crippen LogP contribution is -2.54. The number of halogens is 2. The molecule has 0 amide bonds. The minimum Gasteiger partial charge on any atom is -0.377 e. The SMILES string of the molecule is FC1(F)CNC2COCC2O1. The third-order valence-electron chi connectivity index (χ3n) is 1.92. The van der Waals surface area contributed by atoms with Gasteiger partial charge in [-0.15, -0.1) is 0 Å². The number of ether oxygens (including phenoxy) is 2. The lowest BCUT2D eigenvalue weighted by Gasteiger charge is -2.31. The first-order valence-corrected chi connectivity index (χ1v) is 3.54. The third-order valence-corrected chi connectivity index (χ3v) is 1.92. The molecule has 0 bridgehead atoms. The first-order chi connectivity index (χ1) is 5.17. The maximum absolute atomic E-state index is 12.5. The van der Waals surface area contributed by atoms with Gasteiger partial charge >= 0.3 is 6.11 Å². The monoisotopic (exact) mass is 165 g/mol. The Hall–Kier alpha value is -0.260. The van der Waals surface area contributed by atoms with Crippen molar-refractivity contribution >= 4 is 0 Å². The van der Waals surface area contributed by atoms with E-state index in [-0.39, 0.29) is 12.6 Å². The molecule has 2 unspecified atom stereocenters. The molecule has 3 nitrogen and oxygen atoms in total. The van der Waals surface area contributed by atoms with Gasteiger partial charge in [-0.25, -0.2) is 0 Å². The van der Waals surface area contributed by atoms with Crippen molar-refractivity contribution in [2.24, 2.45) is 0 Å². The van der Waals surface area contributed by atoms with Crippen LogP contribution < -0.4 is 5.32 Å². The molecule has 2 aliphatic heterocycles. The lowest BCUT2D eigenvalue weighted by molar-refractivity contribution is -0.277. The van der Waals surface area contributed by atoms with E-state index in [4.69, 9.17) is 4.74 Å². The molecule has 2 heterocycles. The molecule has 0 aromatic carbocycles. The molecule has 0 aliphatic carbocycles. The summed E-state index contributed by atoms with van der Waals surface area (Å²) in [7, 11) is 0. The summed E-state index contributed by atoms with van der Waals surface area (Å²) < 4.78 is 34.4. The molecular formula is C6H9F2NO2. The minimum atomic E-state index is -3.02. The van der Waals surface area contributed by atoms with Gasteiger partial charge in [-0.05, 0) is 0 Å². The van der Waals surface area contributed by atoms with Crippen molar-refractivity contribution in [2.45, 2.75) is 18.3 Å². The van der Waals surface area contributed by atoms with Crippen LogP contribution >= 0.6 is 0 Å². The summed E-state index contributed by atoms with van der Waals surface area (Å²) in [6, 6.07) is -0.0466. The van der Waals surface area contributed by atoms with Crippen LogP contribution in [0.3, 0.4) is 0 Å². The molecule has 2 rings (SSSR count). The van der Waals surface area contributed by atoms with Crippen LogP contribution in [-0.4, -0.2) is 38.0 Å². The summed E-state index contributed by atoms with van der Waals surface area (Å²) in [6.45, 7) is 0.339. The predicted molar refractivity (Wildman–Crippen MR) is 32.4 cm³/mol. The van der Waals surface area contributed by atoms with Crippen LogP contribution in [0.25, 0.3) is 0 Å². The van der Waals surface area contributed by atoms with E-state index in [1.54, 1.807) is 0 Å². The lowest BCUT2D eigenvalue weighted by atomic mass is 10.2. The number of fused-ring (bicyclic) bond motifs is 1. The van der Waals surface area contributed by atoms with Crippen LogP contribution in [0.4, 0.5) is 8.78 Å². The highest BCUT2D eigenvalue weighted by atomic mass is 19.3. The zero-order valence-corrected chi connectivity index (χ0v) is 5.85. The Morgan fingerprint density at radius 3 is 3.00 bits per heavy atom.